The molecule has 0 aliphatic carbocycles. The number of carbonyl (C=O) groups excluding carboxylic acids is 2. The zero-order valence-corrected chi connectivity index (χ0v) is 15.7. The van der Waals surface area contributed by atoms with E-state index in [1.807, 2.05) is 38.1 Å². The van der Waals surface area contributed by atoms with E-state index in [9.17, 15) is 19.7 Å². The Bertz CT molecular complexity index is 852. The molecule has 2 aromatic carbocycles. The van der Waals surface area contributed by atoms with Gasteiger partial charge < -0.3 is 10.1 Å². The van der Waals surface area contributed by atoms with Crippen LogP contribution in [0, 0.1) is 17.0 Å². The predicted molar refractivity (Wildman–Crippen MR) is 101 cm³/mol. The lowest BCUT2D eigenvalue weighted by Gasteiger charge is -2.17. The number of nitro groups is 1. The van der Waals surface area contributed by atoms with Crippen molar-refractivity contribution >= 4 is 29.2 Å². The Morgan fingerprint density at radius 3 is 2.48 bits per heavy atom. The normalized spacial score (nSPS) is 11.5. The summed E-state index contributed by atoms with van der Waals surface area (Å²) in [5.74, 6) is -1.38. The van der Waals surface area contributed by atoms with Crippen LogP contribution in [-0.2, 0) is 9.53 Å². The number of hydrogen-bond acceptors (Lipinski definition) is 5. The number of carbonyl (C=O) groups is 2. The van der Waals surface area contributed by atoms with Gasteiger partial charge in [-0.2, -0.15) is 0 Å². The van der Waals surface area contributed by atoms with E-state index in [1.54, 1.807) is 0 Å². The molecule has 0 aromatic heterocycles. The van der Waals surface area contributed by atoms with Crippen molar-refractivity contribution in [3.05, 3.63) is 74.3 Å². The first-order chi connectivity index (χ1) is 12.8. The number of benzene rings is 2. The molecule has 142 valence electrons. The van der Waals surface area contributed by atoms with Crippen LogP contribution in [0.25, 0.3) is 0 Å². The van der Waals surface area contributed by atoms with Crippen molar-refractivity contribution in [1.29, 1.82) is 0 Å². The molecule has 0 bridgehead atoms. The average Bonchev–Trinajstić information content (AvgIpc) is 2.65. The van der Waals surface area contributed by atoms with E-state index in [0.29, 0.717) is 6.42 Å². The predicted octanol–water partition coefficient (Wildman–Crippen LogP) is 3.98. The summed E-state index contributed by atoms with van der Waals surface area (Å²) in [5.41, 5.74) is 1.61. The van der Waals surface area contributed by atoms with Crippen LogP contribution < -0.4 is 5.32 Å². The van der Waals surface area contributed by atoms with E-state index in [1.165, 1.54) is 12.1 Å². The second-order valence-corrected chi connectivity index (χ2v) is 6.34. The average molecular weight is 391 g/mol. The first-order valence-corrected chi connectivity index (χ1v) is 8.66. The molecule has 7 nitrogen and oxygen atoms in total. The highest BCUT2D eigenvalue weighted by Crippen LogP contribution is 2.23. The van der Waals surface area contributed by atoms with Gasteiger partial charge in [0.05, 0.1) is 21.6 Å². The quantitative estimate of drug-likeness (QED) is 0.438. The molecular formula is C19H19ClN2O5. The molecule has 2 rings (SSSR count). The Morgan fingerprint density at radius 1 is 1.22 bits per heavy atom. The highest BCUT2D eigenvalue weighted by molar-refractivity contribution is 6.33. The third kappa shape index (κ3) is 5.52. The van der Waals surface area contributed by atoms with Gasteiger partial charge in [-0.05, 0) is 25.0 Å². The number of amides is 1. The van der Waals surface area contributed by atoms with Gasteiger partial charge in [-0.25, -0.2) is 4.79 Å². The topological polar surface area (TPSA) is 98.5 Å². The lowest BCUT2D eigenvalue weighted by atomic mass is 10.0. The lowest BCUT2D eigenvalue weighted by molar-refractivity contribution is -0.384. The summed E-state index contributed by atoms with van der Waals surface area (Å²) in [6.45, 7) is 3.39. The van der Waals surface area contributed by atoms with Gasteiger partial charge in [0.25, 0.3) is 11.6 Å². The fourth-order valence-electron chi connectivity index (χ4n) is 2.45. The number of nitrogens with one attached hydrogen (secondary N) is 1. The number of non-ortho nitro benzene ring substituents is 1. The van der Waals surface area contributed by atoms with Crippen molar-refractivity contribution < 1.29 is 19.2 Å². The fourth-order valence-corrected chi connectivity index (χ4v) is 2.64. The number of rotatable bonds is 7. The largest absolute Gasteiger partial charge is 0.452 e. The second-order valence-electron chi connectivity index (χ2n) is 5.94. The smallest absolute Gasteiger partial charge is 0.340 e. The van der Waals surface area contributed by atoms with Gasteiger partial charge in [0.15, 0.2) is 6.61 Å². The highest BCUT2D eigenvalue weighted by Gasteiger charge is 2.19. The van der Waals surface area contributed by atoms with E-state index in [2.05, 4.69) is 5.32 Å². The minimum atomic E-state index is -0.901. The fraction of sp³-hybridized carbons (Fsp3) is 0.263. The van der Waals surface area contributed by atoms with Crippen LogP contribution in [0.1, 0.15) is 40.9 Å². The molecule has 0 unspecified atom stereocenters. The zero-order chi connectivity index (χ0) is 20.0. The Morgan fingerprint density at radius 2 is 1.89 bits per heavy atom. The third-order valence-electron chi connectivity index (χ3n) is 3.94. The first kappa shape index (κ1) is 20.4. The molecule has 1 N–H and O–H groups in total. The van der Waals surface area contributed by atoms with Crippen LogP contribution in [-0.4, -0.2) is 23.4 Å². The molecule has 0 heterocycles. The monoisotopic (exact) mass is 390 g/mol. The summed E-state index contributed by atoms with van der Waals surface area (Å²) in [6, 6.07) is 11.0. The number of hydrogen-bond donors (Lipinski definition) is 1. The van der Waals surface area contributed by atoms with Crippen molar-refractivity contribution in [2.75, 3.05) is 6.61 Å². The molecule has 0 aliphatic heterocycles. The highest BCUT2D eigenvalue weighted by atomic mass is 35.5. The molecule has 0 fully saturated rings. The molecular weight excluding hydrogens is 372 g/mol. The maximum Gasteiger partial charge on any atom is 0.340 e. The van der Waals surface area contributed by atoms with Crippen molar-refractivity contribution in [1.82, 2.24) is 5.32 Å². The van der Waals surface area contributed by atoms with E-state index < -0.39 is 23.4 Å². The number of esters is 1. The van der Waals surface area contributed by atoms with Gasteiger partial charge >= 0.3 is 5.97 Å². The van der Waals surface area contributed by atoms with Gasteiger partial charge in [-0.1, -0.05) is 48.4 Å². The molecule has 0 saturated carbocycles. The van der Waals surface area contributed by atoms with Gasteiger partial charge in [-0.15, -0.1) is 0 Å². The van der Waals surface area contributed by atoms with E-state index in [-0.39, 0.29) is 22.3 Å². The van der Waals surface area contributed by atoms with Crippen LogP contribution in [0.3, 0.4) is 0 Å². The molecule has 0 radical (unpaired) electrons. The standard InChI is InChI=1S/C19H19ClN2O5/c1-3-17(13-6-4-12(2)5-7-13)21-18(23)11-27-19(24)15-10-14(22(25)26)8-9-16(15)20/h4-10,17H,3,11H2,1-2H3,(H,21,23)/t17-/m0/s1. The minimum Gasteiger partial charge on any atom is -0.452 e. The molecule has 0 saturated heterocycles. The summed E-state index contributed by atoms with van der Waals surface area (Å²) < 4.78 is 4.95. The number of nitro benzene ring substituents is 1. The van der Waals surface area contributed by atoms with Crippen LogP contribution in [0.15, 0.2) is 42.5 Å². The SMILES string of the molecule is CC[C@H](NC(=O)COC(=O)c1cc([N+](=O)[O-])ccc1Cl)c1ccc(C)cc1. The molecule has 1 amide bonds. The van der Waals surface area contributed by atoms with Gasteiger partial charge in [0, 0.05) is 12.1 Å². The van der Waals surface area contributed by atoms with E-state index in [4.69, 9.17) is 16.3 Å². The number of nitrogens with zero attached hydrogens (tertiary/aromatic N) is 1. The number of halogens is 1. The maximum absolute atomic E-state index is 12.1. The summed E-state index contributed by atoms with van der Waals surface area (Å²) >= 11 is 5.89. The molecule has 2 aromatic rings. The Labute approximate surface area is 161 Å². The van der Waals surface area contributed by atoms with Crippen LogP contribution in [0.5, 0.6) is 0 Å². The maximum atomic E-state index is 12.1. The van der Waals surface area contributed by atoms with Crippen LogP contribution >= 0.6 is 11.6 Å². The summed E-state index contributed by atoms with van der Waals surface area (Å²) in [4.78, 5) is 34.4. The Balaban J connectivity index is 1.98. The van der Waals surface area contributed by atoms with Gasteiger partial charge in [0.2, 0.25) is 0 Å². The Hall–Kier alpha value is -2.93. The van der Waals surface area contributed by atoms with Crippen LogP contribution in [0.4, 0.5) is 5.69 Å². The summed E-state index contributed by atoms with van der Waals surface area (Å²) in [6.07, 6.45) is 0.666. The molecule has 1 atom stereocenters. The van der Waals surface area contributed by atoms with Crippen LogP contribution in [0.2, 0.25) is 5.02 Å². The summed E-state index contributed by atoms with van der Waals surface area (Å²) in [5, 5.41) is 13.6. The molecule has 8 heteroatoms. The lowest BCUT2D eigenvalue weighted by Crippen LogP contribution is -2.32. The number of aryl methyl sites for hydroxylation is 1. The third-order valence-corrected chi connectivity index (χ3v) is 4.27. The van der Waals surface area contributed by atoms with Crippen molar-refractivity contribution in [2.24, 2.45) is 0 Å². The second kappa shape index (κ2) is 9.14. The number of ether oxygens (including phenoxy) is 1. The van der Waals surface area contributed by atoms with Crippen molar-refractivity contribution in [3.63, 3.8) is 0 Å². The summed E-state index contributed by atoms with van der Waals surface area (Å²) in [7, 11) is 0. The molecule has 0 aliphatic rings. The van der Waals surface area contributed by atoms with Gasteiger partial charge in [-0.3, -0.25) is 14.9 Å². The first-order valence-electron chi connectivity index (χ1n) is 8.28. The molecule has 0 spiro atoms. The van der Waals surface area contributed by atoms with E-state index >= 15 is 0 Å². The van der Waals surface area contributed by atoms with Crippen molar-refractivity contribution in [2.45, 2.75) is 26.3 Å². The van der Waals surface area contributed by atoms with E-state index in [0.717, 1.165) is 17.2 Å². The Kier molecular flexibility index (Phi) is 6.90. The van der Waals surface area contributed by atoms with Crippen molar-refractivity contribution in [3.8, 4) is 0 Å². The van der Waals surface area contributed by atoms with Gasteiger partial charge in [0.1, 0.15) is 0 Å². The zero-order valence-electron chi connectivity index (χ0n) is 14.9. The minimum absolute atomic E-state index is 0.0112. The molecule has 27 heavy (non-hydrogen) atoms.